The number of rotatable bonds is 6. The van der Waals surface area contributed by atoms with E-state index in [2.05, 4.69) is 189 Å². The van der Waals surface area contributed by atoms with Crippen LogP contribution < -0.4 is 4.90 Å². The van der Waals surface area contributed by atoms with E-state index in [-0.39, 0.29) is 10.8 Å². The molecule has 6 aromatic carbocycles. The molecule has 0 unspecified atom stereocenters. The van der Waals surface area contributed by atoms with Crippen molar-refractivity contribution in [2.24, 2.45) is 0 Å². The van der Waals surface area contributed by atoms with Crippen molar-refractivity contribution in [3.05, 3.63) is 180 Å². The first-order valence-corrected chi connectivity index (χ1v) is 16.7. The second-order valence-electron chi connectivity index (χ2n) is 13.8. The molecule has 8 rings (SSSR count). The Hall–Kier alpha value is -5.21. The average molecular weight is 610 g/mol. The van der Waals surface area contributed by atoms with Crippen LogP contribution in [0.25, 0.3) is 21.5 Å². The molecule has 0 fully saturated rings. The summed E-state index contributed by atoms with van der Waals surface area (Å²) >= 11 is 0. The Morgan fingerprint density at radius 1 is 0.596 bits per heavy atom. The summed E-state index contributed by atoms with van der Waals surface area (Å²) in [4.78, 5) is 2.42. The number of nitrogens with zero attached hydrogens (tertiary/aromatic N) is 2. The third-order valence-corrected chi connectivity index (χ3v) is 10.8. The summed E-state index contributed by atoms with van der Waals surface area (Å²) in [6.45, 7) is 4.87. The number of fused-ring (bicyclic) bond motifs is 6. The van der Waals surface area contributed by atoms with Gasteiger partial charge in [0.05, 0.1) is 5.41 Å². The monoisotopic (exact) mass is 609 g/mol. The molecule has 0 bridgehead atoms. The predicted molar refractivity (Wildman–Crippen MR) is 199 cm³/mol. The third kappa shape index (κ3) is 4.66. The lowest BCUT2D eigenvalue weighted by Gasteiger charge is -2.29. The standard InChI is InChI=1S/C45H41N2/c1-44(30-32-16-7-5-8-17-32)40(46(3)38-28-26-34-20-11-13-22-36(34)42(38)44)24-15-25-41-45(2,31-33-18-9-6-10-19-33)43-37-23-14-12-21-35(37)27-29-39(43)47(41)4/h5-29H,30-31H2,1-4H3/q+1/t44-,45-/m1/s1. The van der Waals surface area contributed by atoms with Crippen LogP contribution in [0.4, 0.5) is 11.4 Å². The molecule has 47 heavy (non-hydrogen) atoms. The molecule has 0 aliphatic carbocycles. The van der Waals surface area contributed by atoms with Crippen molar-refractivity contribution in [2.75, 3.05) is 19.0 Å². The molecular formula is C45H41N2+. The SMILES string of the molecule is CN1/C(=C\C=C/C2=[N+](C)c3ccc4ccccc4c3[C@]2(C)Cc2ccccc2)[C@@](C)(Cc2ccccc2)c2c1ccc1ccccc21. The summed E-state index contributed by atoms with van der Waals surface area (Å²) < 4.78 is 2.42. The van der Waals surface area contributed by atoms with E-state index in [0.29, 0.717) is 0 Å². The maximum Gasteiger partial charge on any atom is 0.210 e. The Balaban J connectivity index is 1.26. The van der Waals surface area contributed by atoms with Gasteiger partial charge in [-0.05, 0) is 83.1 Å². The van der Waals surface area contributed by atoms with Crippen LogP contribution in [0, 0.1) is 0 Å². The minimum Gasteiger partial charge on any atom is -0.347 e. The molecular weight excluding hydrogens is 569 g/mol. The van der Waals surface area contributed by atoms with Crippen molar-refractivity contribution in [1.29, 1.82) is 0 Å². The van der Waals surface area contributed by atoms with E-state index < -0.39 is 0 Å². The lowest BCUT2D eigenvalue weighted by Crippen LogP contribution is -2.33. The maximum absolute atomic E-state index is 2.44. The number of hydrogen-bond donors (Lipinski definition) is 0. The van der Waals surface area contributed by atoms with Crippen LogP contribution in [0.2, 0.25) is 0 Å². The summed E-state index contributed by atoms with van der Waals surface area (Å²) in [7, 11) is 4.47. The first kappa shape index (κ1) is 29.2. The minimum absolute atomic E-state index is 0.199. The first-order chi connectivity index (χ1) is 22.9. The highest BCUT2D eigenvalue weighted by Crippen LogP contribution is 2.52. The number of hydrogen-bond acceptors (Lipinski definition) is 1. The van der Waals surface area contributed by atoms with Gasteiger partial charge >= 0.3 is 0 Å². The molecule has 2 aliphatic heterocycles. The highest BCUT2D eigenvalue weighted by Gasteiger charge is 2.48. The van der Waals surface area contributed by atoms with Crippen molar-refractivity contribution in [2.45, 2.75) is 37.5 Å². The molecule has 2 heteroatoms. The van der Waals surface area contributed by atoms with Crippen molar-refractivity contribution in [3.63, 3.8) is 0 Å². The van der Waals surface area contributed by atoms with E-state index in [1.165, 1.54) is 66.6 Å². The van der Waals surface area contributed by atoms with E-state index in [0.717, 1.165) is 12.8 Å². The molecule has 0 N–H and O–H groups in total. The van der Waals surface area contributed by atoms with E-state index in [1.54, 1.807) is 0 Å². The van der Waals surface area contributed by atoms with Gasteiger partial charge in [0.2, 0.25) is 5.69 Å². The van der Waals surface area contributed by atoms with Crippen LogP contribution in [0.5, 0.6) is 0 Å². The molecule has 0 radical (unpaired) electrons. The summed E-state index contributed by atoms with van der Waals surface area (Å²) in [6.07, 6.45) is 8.93. The highest BCUT2D eigenvalue weighted by atomic mass is 15.2. The van der Waals surface area contributed by atoms with Gasteiger partial charge in [-0.3, -0.25) is 0 Å². The molecule has 0 aromatic heterocycles. The fourth-order valence-electron chi connectivity index (χ4n) is 8.68. The van der Waals surface area contributed by atoms with Gasteiger partial charge in [-0.25, -0.2) is 0 Å². The third-order valence-electron chi connectivity index (χ3n) is 10.8. The molecule has 2 heterocycles. The molecule has 0 saturated heterocycles. The van der Waals surface area contributed by atoms with E-state index >= 15 is 0 Å². The topological polar surface area (TPSA) is 6.25 Å². The van der Waals surface area contributed by atoms with Gasteiger partial charge in [-0.15, -0.1) is 0 Å². The van der Waals surface area contributed by atoms with Gasteiger partial charge in [0.1, 0.15) is 7.05 Å². The molecule has 230 valence electrons. The van der Waals surface area contributed by atoms with E-state index in [1.807, 2.05) is 0 Å². The van der Waals surface area contributed by atoms with Gasteiger partial charge < -0.3 is 4.90 Å². The Morgan fingerprint density at radius 2 is 1.13 bits per heavy atom. The van der Waals surface area contributed by atoms with Gasteiger partial charge in [-0.2, -0.15) is 4.58 Å². The van der Waals surface area contributed by atoms with Crippen molar-refractivity contribution in [3.8, 4) is 0 Å². The molecule has 0 spiro atoms. The van der Waals surface area contributed by atoms with Gasteiger partial charge in [0, 0.05) is 41.6 Å². The summed E-state index contributed by atoms with van der Waals surface area (Å²) in [5.74, 6) is 0. The molecule has 6 aromatic rings. The molecule has 2 atom stereocenters. The lowest BCUT2D eigenvalue weighted by molar-refractivity contribution is -0.401. The Kier molecular flexibility index (Phi) is 6.99. The van der Waals surface area contributed by atoms with Crippen LogP contribution in [0.15, 0.2) is 157 Å². The summed E-state index contributed by atoms with van der Waals surface area (Å²) in [6, 6.07) is 48.8. The normalized spacial score (nSPS) is 21.4. The van der Waals surface area contributed by atoms with Crippen LogP contribution in [-0.4, -0.2) is 24.4 Å². The van der Waals surface area contributed by atoms with Crippen LogP contribution in [-0.2, 0) is 23.7 Å². The largest absolute Gasteiger partial charge is 0.347 e. The number of allylic oxidation sites excluding steroid dienone is 4. The number of benzene rings is 6. The molecule has 0 saturated carbocycles. The fourth-order valence-corrected chi connectivity index (χ4v) is 8.68. The minimum atomic E-state index is -0.199. The van der Waals surface area contributed by atoms with Crippen LogP contribution in [0.1, 0.15) is 36.1 Å². The van der Waals surface area contributed by atoms with Gasteiger partial charge in [-0.1, -0.05) is 121 Å². The second kappa shape index (κ2) is 11.2. The summed E-state index contributed by atoms with van der Waals surface area (Å²) in [5.41, 5.74) is 10.4. The number of anilines is 1. The second-order valence-corrected chi connectivity index (χ2v) is 13.8. The molecule has 0 amide bonds. The fraction of sp³-hybridized carbons (Fsp3) is 0.178. The number of likely N-dealkylation sites (N-methyl/N-ethyl adjacent to an activating group) is 1. The quantitative estimate of drug-likeness (QED) is 0.170. The highest BCUT2D eigenvalue weighted by molar-refractivity contribution is 6.08. The Bertz CT molecular complexity index is 2240. The smallest absolute Gasteiger partial charge is 0.210 e. The zero-order valence-electron chi connectivity index (χ0n) is 27.7. The zero-order valence-corrected chi connectivity index (χ0v) is 27.7. The lowest BCUT2D eigenvalue weighted by atomic mass is 9.73. The average Bonchev–Trinajstić information content (AvgIpc) is 3.44. The first-order valence-electron chi connectivity index (χ1n) is 16.7. The van der Waals surface area contributed by atoms with Crippen molar-refractivity contribution >= 4 is 38.6 Å². The van der Waals surface area contributed by atoms with E-state index in [9.17, 15) is 0 Å². The maximum atomic E-state index is 2.44. The van der Waals surface area contributed by atoms with E-state index in [4.69, 9.17) is 0 Å². The van der Waals surface area contributed by atoms with Crippen molar-refractivity contribution in [1.82, 2.24) is 0 Å². The molecule has 2 aliphatic rings. The van der Waals surface area contributed by atoms with Crippen molar-refractivity contribution < 1.29 is 4.58 Å². The predicted octanol–water partition coefficient (Wildman–Crippen LogP) is 10.3. The van der Waals surface area contributed by atoms with Crippen LogP contribution in [0.3, 0.4) is 0 Å². The van der Waals surface area contributed by atoms with Crippen LogP contribution >= 0.6 is 0 Å². The van der Waals surface area contributed by atoms with Gasteiger partial charge in [0.25, 0.3) is 0 Å². The molecule has 2 nitrogen and oxygen atoms in total. The Morgan fingerprint density at radius 3 is 1.77 bits per heavy atom. The summed E-state index contributed by atoms with van der Waals surface area (Å²) in [5, 5.41) is 5.26. The Labute approximate surface area is 278 Å². The van der Waals surface area contributed by atoms with Gasteiger partial charge in [0.15, 0.2) is 5.71 Å². The zero-order chi connectivity index (χ0) is 32.2.